The summed E-state index contributed by atoms with van der Waals surface area (Å²) in [6.45, 7) is 8.84. The van der Waals surface area contributed by atoms with Gasteiger partial charge in [-0.15, -0.1) is 0 Å². The summed E-state index contributed by atoms with van der Waals surface area (Å²) in [7, 11) is 0. The first kappa shape index (κ1) is 9.99. The lowest BCUT2D eigenvalue weighted by Crippen LogP contribution is -1.86. The van der Waals surface area contributed by atoms with Gasteiger partial charge in [0.25, 0.3) is 0 Å². The van der Waals surface area contributed by atoms with Crippen LogP contribution in [0.4, 0.5) is 5.69 Å². The van der Waals surface area contributed by atoms with E-state index in [-0.39, 0.29) is 5.76 Å². The fourth-order valence-corrected chi connectivity index (χ4v) is 1.93. The number of aliphatic hydroxyl groups excluding tert-OH is 1. The average Bonchev–Trinajstić information content (AvgIpc) is 2.01. The van der Waals surface area contributed by atoms with Gasteiger partial charge in [0.1, 0.15) is 5.76 Å². The van der Waals surface area contributed by atoms with Gasteiger partial charge in [-0.3, -0.25) is 4.99 Å². The molecule has 0 fully saturated rings. The minimum Gasteiger partial charge on any atom is -0.508 e. The zero-order chi connectivity index (χ0) is 10.0. The maximum atomic E-state index is 9.30. The lowest BCUT2D eigenvalue weighted by Gasteiger charge is -2.07. The molecule has 0 spiro atoms. The molecule has 1 aromatic carbocycles. The Hall–Kier alpha value is -1.09. The summed E-state index contributed by atoms with van der Waals surface area (Å²) >= 11 is 3.33. The molecule has 2 nitrogen and oxygen atoms in total. The van der Waals surface area contributed by atoms with E-state index in [9.17, 15) is 5.11 Å². The van der Waals surface area contributed by atoms with E-state index < -0.39 is 0 Å². The lowest BCUT2D eigenvalue weighted by molar-refractivity contribution is 0.513. The number of halogens is 1. The SMILES string of the molecule is C=Nc1cc(C)cc(Br)c1C(=C)O. The standard InChI is InChI=1S/C10H10BrNO/c1-6-4-8(11)10(7(2)13)9(5-6)12-3/h4-5,13H,2-3H2,1H3. The average molecular weight is 240 g/mol. The molecule has 0 bridgehead atoms. The second-order valence-electron chi connectivity index (χ2n) is 2.75. The van der Waals surface area contributed by atoms with Crippen molar-refractivity contribution in [2.45, 2.75) is 6.92 Å². The van der Waals surface area contributed by atoms with Gasteiger partial charge in [-0.05, 0) is 47.3 Å². The minimum atomic E-state index is -0.00530. The first-order valence-corrected chi connectivity index (χ1v) is 4.50. The van der Waals surface area contributed by atoms with Crippen LogP contribution in [0.2, 0.25) is 0 Å². The third-order valence-corrected chi connectivity index (χ3v) is 2.30. The molecular formula is C10H10BrNO. The zero-order valence-electron chi connectivity index (χ0n) is 7.34. The van der Waals surface area contributed by atoms with Gasteiger partial charge < -0.3 is 5.11 Å². The molecule has 68 valence electrons. The molecular weight excluding hydrogens is 230 g/mol. The van der Waals surface area contributed by atoms with Crippen LogP contribution in [-0.4, -0.2) is 11.8 Å². The van der Waals surface area contributed by atoms with E-state index in [0.717, 1.165) is 10.0 Å². The van der Waals surface area contributed by atoms with Crippen LogP contribution in [0.3, 0.4) is 0 Å². The predicted molar refractivity (Wildman–Crippen MR) is 59.8 cm³/mol. The Balaban J connectivity index is 3.47. The summed E-state index contributed by atoms with van der Waals surface area (Å²) < 4.78 is 0.780. The van der Waals surface area contributed by atoms with Crippen molar-refractivity contribution in [2.24, 2.45) is 4.99 Å². The molecule has 0 atom stereocenters. The van der Waals surface area contributed by atoms with E-state index in [1.54, 1.807) is 0 Å². The molecule has 0 aliphatic heterocycles. The summed E-state index contributed by atoms with van der Waals surface area (Å²) in [4.78, 5) is 3.81. The van der Waals surface area contributed by atoms with Gasteiger partial charge >= 0.3 is 0 Å². The van der Waals surface area contributed by atoms with Gasteiger partial charge in [0.05, 0.1) is 11.3 Å². The summed E-state index contributed by atoms with van der Waals surface area (Å²) in [6.07, 6.45) is 0. The molecule has 0 unspecified atom stereocenters. The molecule has 0 saturated carbocycles. The first-order valence-electron chi connectivity index (χ1n) is 3.71. The van der Waals surface area contributed by atoms with Gasteiger partial charge in [-0.1, -0.05) is 6.58 Å². The van der Waals surface area contributed by atoms with Crippen LogP contribution in [0.15, 0.2) is 28.2 Å². The van der Waals surface area contributed by atoms with Crippen LogP contribution in [-0.2, 0) is 0 Å². The molecule has 0 saturated heterocycles. The number of aryl methyl sites for hydroxylation is 1. The molecule has 0 heterocycles. The predicted octanol–water partition coefficient (Wildman–Crippen LogP) is 3.62. The van der Waals surface area contributed by atoms with Crippen molar-refractivity contribution in [1.82, 2.24) is 0 Å². The smallest absolute Gasteiger partial charge is 0.118 e. The Morgan fingerprint density at radius 1 is 1.54 bits per heavy atom. The number of nitrogens with zero attached hydrogens (tertiary/aromatic N) is 1. The van der Waals surface area contributed by atoms with E-state index in [2.05, 4.69) is 34.2 Å². The number of hydrogen-bond donors (Lipinski definition) is 1. The zero-order valence-corrected chi connectivity index (χ0v) is 8.93. The van der Waals surface area contributed by atoms with Crippen molar-refractivity contribution in [3.63, 3.8) is 0 Å². The monoisotopic (exact) mass is 239 g/mol. The van der Waals surface area contributed by atoms with Crippen molar-refractivity contribution in [3.05, 3.63) is 34.3 Å². The van der Waals surface area contributed by atoms with E-state index in [1.807, 2.05) is 19.1 Å². The molecule has 1 N–H and O–H groups in total. The Bertz CT molecular complexity index is 371. The third kappa shape index (κ3) is 1.98. The second kappa shape index (κ2) is 3.75. The van der Waals surface area contributed by atoms with Gasteiger partial charge in [0.15, 0.2) is 0 Å². The Labute approximate surface area is 85.8 Å². The van der Waals surface area contributed by atoms with E-state index in [4.69, 9.17) is 0 Å². The lowest BCUT2D eigenvalue weighted by atomic mass is 10.1. The van der Waals surface area contributed by atoms with Crippen molar-refractivity contribution in [2.75, 3.05) is 0 Å². The van der Waals surface area contributed by atoms with E-state index in [1.165, 1.54) is 0 Å². The molecule has 0 aliphatic rings. The molecule has 0 radical (unpaired) electrons. The van der Waals surface area contributed by atoms with Crippen molar-refractivity contribution < 1.29 is 5.11 Å². The Morgan fingerprint density at radius 3 is 2.62 bits per heavy atom. The summed E-state index contributed by atoms with van der Waals surface area (Å²) in [6, 6.07) is 3.74. The quantitative estimate of drug-likeness (QED) is 0.621. The summed E-state index contributed by atoms with van der Waals surface area (Å²) in [5, 5.41) is 9.30. The highest BCUT2D eigenvalue weighted by atomic mass is 79.9. The maximum absolute atomic E-state index is 9.30. The minimum absolute atomic E-state index is 0.00530. The van der Waals surface area contributed by atoms with Crippen molar-refractivity contribution in [1.29, 1.82) is 0 Å². The first-order chi connectivity index (χ1) is 6.06. The number of aliphatic imine (C=N–C) groups is 1. The van der Waals surface area contributed by atoms with Crippen LogP contribution in [0.25, 0.3) is 5.76 Å². The van der Waals surface area contributed by atoms with Crippen LogP contribution in [0, 0.1) is 6.92 Å². The number of benzene rings is 1. The van der Waals surface area contributed by atoms with E-state index in [0.29, 0.717) is 11.3 Å². The fourth-order valence-electron chi connectivity index (χ4n) is 1.13. The maximum Gasteiger partial charge on any atom is 0.118 e. The fraction of sp³-hybridized carbons (Fsp3) is 0.100. The van der Waals surface area contributed by atoms with Crippen LogP contribution < -0.4 is 0 Å². The van der Waals surface area contributed by atoms with Crippen molar-refractivity contribution in [3.8, 4) is 0 Å². The highest BCUT2D eigenvalue weighted by Crippen LogP contribution is 2.32. The third-order valence-electron chi connectivity index (χ3n) is 1.67. The molecule has 1 aromatic rings. The highest BCUT2D eigenvalue weighted by molar-refractivity contribution is 9.10. The van der Waals surface area contributed by atoms with E-state index >= 15 is 0 Å². The topological polar surface area (TPSA) is 32.6 Å². The van der Waals surface area contributed by atoms with Gasteiger partial charge in [-0.2, -0.15) is 0 Å². The second-order valence-corrected chi connectivity index (χ2v) is 3.60. The summed E-state index contributed by atoms with van der Waals surface area (Å²) in [5.74, 6) is -0.00530. The molecule has 0 aliphatic carbocycles. The molecule has 0 aromatic heterocycles. The van der Waals surface area contributed by atoms with Gasteiger partial charge in [0, 0.05) is 4.47 Å². The Kier molecular flexibility index (Phi) is 2.88. The van der Waals surface area contributed by atoms with Gasteiger partial charge in [-0.25, -0.2) is 0 Å². The van der Waals surface area contributed by atoms with Crippen molar-refractivity contribution >= 4 is 34.1 Å². The van der Waals surface area contributed by atoms with Gasteiger partial charge in [0.2, 0.25) is 0 Å². The summed E-state index contributed by atoms with van der Waals surface area (Å²) in [5.41, 5.74) is 2.29. The number of aliphatic hydroxyl groups is 1. The number of hydrogen-bond acceptors (Lipinski definition) is 2. The van der Waals surface area contributed by atoms with Crippen LogP contribution in [0.1, 0.15) is 11.1 Å². The molecule has 1 rings (SSSR count). The normalized spacial score (nSPS) is 9.69. The highest BCUT2D eigenvalue weighted by Gasteiger charge is 2.09. The van der Waals surface area contributed by atoms with Crippen LogP contribution in [0.5, 0.6) is 0 Å². The largest absolute Gasteiger partial charge is 0.508 e. The molecule has 13 heavy (non-hydrogen) atoms. The van der Waals surface area contributed by atoms with Crippen LogP contribution >= 0.6 is 15.9 Å². The number of rotatable bonds is 2. The Morgan fingerprint density at radius 2 is 2.15 bits per heavy atom. The molecule has 0 amide bonds. The molecule has 3 heteroatoms.